The number of hydrogen-bond acceptors (Lipinski definition) is 3. The molecule has 0 aliphatic carbocycles. The zero-order valence-corrected chi connectivity index (χ0v) is 12.8. The first-order valence-corrected chi connectivity index (χ1v) is 7.83. The summed E-state index contributed by atoms with van der Waals surface area (Å²) in [6.45, 7) is 4.87. The van der Waals surface area contributed by atoms with E-state index in [1.807, 2.05) is 29.5 Å². The summed E-state index contributed by atoms with van der Waals surface area (Å²) in [4.78, 5) is 2.73. The van der Waals surface area contributed by atoms with Crippen LogP contribution < -0.4 is 5.32 Å². The first kappa shape index (κ1) is 13.9. The molecular weight excluding hydrogens is 278 g/mol. The summed E-state index contributed by atoms with van der Waals surface area (Å²) >= 11 is 1.84. The zero-order valence-electron chi connectivity index (χ0n) is 12.0. The minimum Gasteiger partial charge on any atom is -0.346 e. The van der Waals surface area contributed by atoms with Crippen LogP contribution in [0.2, 0.25) is 0 Å². The fraction of sp³-hybridized carbons (Fsp3) is 0.235. The Hall–Kier alpha value is -2.09. The third kappa shape index (κ3) is 3.15. The van der Waals surface area contributed by atoms with Crippen molar-refractivity contribution in [1.82, 2.24) is 9.88 Å². The highest BCUT2D eigenvalue weighted by atomic mass is 32.1. The van der Waals surface area contributed by atoms with Crippen molar-refractivity contribution in [3.8, 4) is 6.07 Å². The summed E-state index contributed by atoms with van der Waals surface area (Å²) in [5.74, 6) is 0. The number of nitrogens with one attached hydrogen (secondary N) is 1. The van der Waals surface area contributed by atoms with Gasteiger partial charge in [-0.3, -0.25) is 0 Å². The zero-order chi connectivity index (χ0) is 14.7. The van der Waals surface area contributed by atoms with Crippen LogP contribution in [-0.4, -0.2) is 11.1 Å². The summed E-state index contributed by atoms with van der Waals surface area (Å²) < 4.78 is 2.20. The minimum atomic E-state index is 0.712. The Balaban J connectivity index is 1.61. The molecule has 3 aromatic rings. The molecule has 3 rings (SSSR count). The summed E-state index contributed by atoms with van der Waals surface area (Å²) in [6, 6.07) is 14.5. The first-order chi connectivity index (χ1) is 10.3. The number of aryl methyl sites for hydroxylation is 1. The third-order valence-corrected chi connectivity index (χ3v) is 4.53. The van der Waals surface area contributed by atoms with Crippen LogP contribution in [0.1, 0.15) is 15.3 Å². The molecule has 2 aromatic heterocycles. The van der Waals surface area contributed by atoms with Gasteiger partial charge in [0.1, 0.15) is 0 Å². The van der Waals surface area contributed by atoms with Gasteiger partial charge in [-0.25, -0.2) is 0 Å². The molecule has 4 heteroatoms. The smallest absolute Gasteiger partial charge is 0.0992 e. The SMILES string of the molecule is Cc1ccc(CNCCn2ccc3ccc(C#N)cc32)s1. The van der Waals surface area contributed by atoms with Crippen LogP contribution in [0.5, 0.6) is 0 Å². The van der Waals surface area contributed by atoms with Crippen molar-refractivity contribution < 1.29 is 0 Å². The number of rotatable bonds is 5. The van der Waals surface area contributed by atoms with Gasteiger partial charge in [0.05, 0.1) is 11.6 Å². The first-order valence-electron chi connectivity index (χ1n) is 7.01. The molecule has 21 heavy (non-hydrogen) atoms. The lowest BCUT2D eigenvalue weighted by molar-refractivity contribution is 0.613. The Bertz CT molecular complexity index is 792. The quantitative estimate of drug-likeness (QED) is 0.730. The predicted octanol–water partition coefficient (Wildman–Crippen LogP) is 3.67. The Labute approximate surface area is 128 Å². The molecule has 0 saturated heterocycles. The number of benzene rings is 1. The molecule has 0 atom stereocenters. The fourth-order valence-corrected chi connectivity index (χ4v) is 3.30. The second-order valence-electron chi connectivity index (χ2n) is 5.08. The van der Waals surface area contributed by atoms with Gasteiger partial charge in [-0.05, 0) is 42.6 Å². The Morgan fingerprint density at radius 2 is 2.14 bits per heavy atom. The number of aromatic nitrogens is 1. The highest BCUT2D eigenvalue weighted by Crippen LogP contribution is 2.17. The molecule has 0 radical (unpaired) electrons. The molecule has 2 heterocycles. The summed E-state index contributed by atoms with van der Waals surface area (Å²) in [6.07, 6.45) is 2.09. The van der Waals surface area contributed by atoms with Crippen LogP contribution in [0.15, 0.2) is 42.6 Å². The molecule has 0 saturated carbocycles. The van der Waals surface area contributed by atoms with E-state index in [4.69, 9.17) is 5.26 Å². The highest BCUT2D eigenvalue weighted by molar-refractivity contribution is 7.11. The largest absolute Gasteiger partial charge is 0.346 e. The monoisotopic (exact) mass is 295 g/mol. The fourth-order valence-electron chi connectivity index (χ4n) is 2.44. The van der Waals surface area contributed by atoms with E-state index < -0.39 is 0 Å². The van der Waals surface area contributed by atoms with E-state index in [1.165, 1.54) is 15.1 Å². The molecule has 0 fully saturated rings. The Morgan fingerprint density at radius 1 is 1.24 bits per heavy atom. The van der Waals surface area contributed by atoms with Gasteiger partial charge >= 0.3 is 0 Å². The summed E-state index contributed by atoms with van der Waals surface area (Å²) in [5.41, 5.74) is 1.84. The van der Waals surface area contributed by atoms with Crippen molar-refractivity contribution in [2.45, 2.75) is 20.0 Å². The van der Waals surface area contributed by atoms with Crippen LogP contribution in [0.25, 0.3) is 10.9 Å². The average Bonchev–Trinajstić information content (AvgIpc) is 3.09. The van der Waals surface area contributed by atoms with Crippen LogP contribution in [0, 0.1) is 18.3 Å². The van der Waals surface area contributed by atoms with E-state index in [2.05, 4.69) is 47.3 Å². The van der Waals surface area contributed by atoms with E-state index in [-0.39, 0.29) is 0 Å². The maximum absolute atomic E-state index is 9.00. The van der Waals surface area contributed by atoms with Crippen LogP contribution in [0.3, 0.4) is 0 Å². The molecule has 0 spiro atoms. The average molecular weight is 295 g/mol. The topological polar surface area (TPSA) is 40.8 Å². The van der Waals surface area contributed by atoms with E-state index in [9.17, 15) is 0 Å². The van der Waals surface area contributed by atoms with Crippen LogP contribution in [-0.2, 0) is 13.1 Å². The van der Waals surface area contributed by atoms with Crippen molar-refractivity contribution in [1.29, 1.82) is 5.26 Å². The molecular formula is C17H17N3S. The van der Waals surface area contributed by atoms with Crippen LogP contribution in [0.4, 0.5) is 0 Å². The molecule has 0 amide bonds. The minimum absolute atomic E-state index is 0.712. The van der Waals surface area contributed by atoms with Crippen molar-refractivity contribution in [3.63, 3.8) is 0 Å². The lowest BCUT2D eigenvalue weighted by atomic mass is 10.2. The molecule has 0 aliphatic heterocycles. The van der Waals surface area contributed by atoms with Gasteiger partial charge in [0.2, 0.25) is 0 Å². The summed E-state index contributed by atoms with van der Waals surface area (Å²) in [7, 11) is 0. The predicted molar refractivity (Wildman–Crippen MR) is 87.4 cm³/mol. The van der Waals surface area contributed by atoms with Gasteiger partial charge in [0, 0.05) is 41.1 Å². The molecule has 0 unspecified atom stereocenters. The van der Waals surface area contributed by atoms with E-state index in [1.54, 1.807) is 0 Å². The van der Waals surface area contributed by atoms with Crippen LogP contribution >= 0.6 is 11.3 Å². The van der Waals surface area contributed by atoms with E-state index >= 15 is 0 Å². The number of nitrogens with zero attached hydrogens (tertiary/aromatic N) is 2. The highest BCUT2D eigenvalue weighted by Gasteiger charge is 2.02. The van der Waals surface area contributed by atoms with Crippen molar-refractivity contribution >= 4 is 22.2 Å². The molecule has 1 N–H and O–H groups in total. The normalized spacial score (nSPS) is 10.9. The maximum atomic E-state index is 9.00. The number of hydrogen-bond donors (Lipinski definition) is 1. The Morgan fingerprint density at radius 3 is 2.90 bits per heavy atom. The van der Waals surface area contributed by atoms with Gasteiger partial charge in [-0.2, -0.15) is 5.26 Å². The summed E-state index contributed by atoms with van der Waals surface area (Å²) in [5, 5.41) is 13.7. The van der Waals surface area contributed by atoms with Crippen molar-refractivity contribution in [3.05, 3.63) is 57.9 Å². The third-order valence-electron chi connectivity index (χ3n) is 3.53. The van der Waals surface area contributed by atoms with Gasteiger partial charge in [0.25, 0.3) is 0 Å². The van der Waals surface area contributed by atoms with Crippen molar-refractivity contribution in [2.75, 3.05) is 6.54 Å². The number of thiophene rings is 1. The lowest BCUT2D eigenvalue weighted by Crippen LogP contribution is -2.18. The number of fused-ring (bicyclic) bond motifs is 1. The molecule has 106 valence electrons. The van der Waals surface area contributed by atoms with Gasteiger partial charge in [-0.15, -0.1) is 11.3 Å². The maximum Gasteiger partial charge on any atom is 0.0992 e. The second kappa shape index (κ2) is 6.13. The standard InChI is InChI=1S/C17H17N3S/c1-13-2-5-16(21-13)12-19-7-9-20-8-6-15-4-3-14(11-18)10-17(15)20/h2-6,8,10,19H,7,9,12H2,1H3. The second-order valence-corrected chi connectivity index (χ2v) is 6.46. The molecule has 3 nitrogen and oxygen atoms in total. The van der Waals surface area contributed by atoms with Gasteiger partial charge in [0.15, 0.2) is 0 Å². The van der Waals surface area contributed by atoms with E-state index in [0.717, 1.165) is 25.2 Å². The van der Waals surface area contributed by atoms with Gasteiger partial charge < -0.3 is 9.88 Å². The lowest BCUT2D eigenvalue weighted by Gasteiger charge is -2.07. The van der Waals surface area contributed by atoms with Gasteiger partial charge in [-0.1, -0.05) is 6.07 Å². The molecule has 1 aromatic carbocycles. The molecule has 0 bridgehead atoms. The Kier molecular flexibility index (Phi) is 4.05. The van der Waals surface area contributed by atoms with E-state index in [0.29, 0.717) is 5.56 Å². The van der Waals surface area contributed by atoms with Crippen molar-refractivity contribution in [2.24, 2.45) is 0 Å². The molecule has 0 aliphatic rings. The number of nitriles is 1.